The van der Waals surface area contributed by atoms with E-state index in [9.17, 15) is 0 Å². The summed E-state index contributed by atoms with van der Waals surface area (Å²) in [6, 6.07) is 7.88. The first kappa shape index (κ1) is 10.7. The summed E-state index contributed by atoms with van der Waals surface area (Å²) in [7, 11) is 0. The lowest BCUT2D eigenvalue weighted by Crippen LogP contribution is -2.10. The Bertz CT molecular complexity index is 444. The Labute approximate surface area is 87.9 Å². The molecule has 2 rings (SSSR count). The number of benzene rings is 1. The Morgan fingerprint density at radius 3 is 2.43 bits per heavy atom. The van der Waals surface area contributed by atoms with Crippen LogP contribution in [0.2, 0.25) is 0 Å². The molecule has 1 aromatic carbocycles. The molecular weight excluding hydrogens is 200 g/mol. The van der Waals surface area contributed by atoms with Crippen molar-refractivity contribution >= 4 is 29.0 Å². The van der Waals surface area contributed by atoms with Crippen molar-refractivity contribution in [1.82, 2.24) is 10.2 Å². The van der Waals surface area contributed by atoms with Gasteiger partial charge in [-0.25, -0.2) is 5.84 Å². The van der Waals surface area contributed by atoms with Crippen LogP contribution < -0.4 is 11.3 Å². The van der Waals surface area contributed by atoms with Crippen LogP contribution >= 0.6 is 12.4 Å². The molecule has 0 aliphatic carbocycles. The molecule has 0 atom stereocenters. The summed E-state index contributed by atoms with van der Waals surface area (Å²) in [5, 5.41) is 10.00. The molecule has 0 unspecified atom stereocenters. The van der Waals surface area contributed by atoms with Crippen LogP contribution in [-0.4, -0.2) is 10.2 Å². The molecule has 0 radical (unpaired) electrons. The largest absolute Gasteiger partial charge is 0.306 e. The Hall–Kier alpha value is -1.39. The van der Waals surface area contributed by atoms with E-state index < -0.39 is 0 Å². The molecule has 1 aromatic heterocycles. The highest BCUT2D eigenvalue weighted by atomic mass is 35.5. The fourth-order valence-corrected chi connectivity index (χ4v) is 1.34. The van der Waals surface area contributed by atoms with Crippen LogP contribution in [-0.2, 0) is 0 Å². The van der Waals surface area contributed by atoms with Crippen molar-refractivity contribution in [2.75, 3.05) is 5.43 Å². The van der Waals surface area contributed by atoms with E-state index in [1.807, 2.05) is 31.2 Å². The molecule has 0 saturated carbocycles. The number of nitrogen functional groups attached to an aromatic ring is 1. The van der Waals surface area contributed by atoms with Gasteiger partial charge in [0.25, 0.3) is 0 Å². The standard InChI is InChI=1S/C9H10N4.ClH/c1-6-7-4-2-3-5-8(7)9(11-10)13-12-6;/h2-5H,10H2,1H3,(H,11,13);1H. The number of nitrogens with zero attached hydrogens (tertiary/aromatic N) is 2. The number of fused-ring (bicyclic) bond motifs is 1. The zero-order chi connectivity index (χ0) is 9.26. The lowest BCUT2D eigenvalue weighted by Gasteiger charge is -2.04. The highest BCUT2D eigenvalue weighted by Crippen LogP contribution is 2.20. The van der Waals surface area contributed by atoms with Crippen molar-refractivity contribution in [3.63, 3.8) is 0 Å². The smallest absolute Gasteiger partial charge is 0.170 e. The molecule has 1 heterocycles. The third-order valence-corrected chi connectivity index (χ3v) is 2.01. The van der Waals surface area contributed by atoms with Crippen molar-refractivity contribution < 1.29 is 0 Å². The fraction of sp³-hybridized carbons (Fsp3) is 0.111. The number of nitrogens with two attached hydrogens (primary N) is 1. The molecule has 2 aromatic rings. The monoisotopic (exact) mass is 210 g/mol. The van der Waals surface area contributed by atoms with E-state index in [0.29, 0.717) is 5.82 Å². The third kappa shape index (κ3) is 1.62. The van der Waals surface area contributed by atoms with Gasteiger partial charge in [0.15, 0.2) is 5.82 Å². The number of hydrazine groups is 1. The van der Waals surface area contributed by atoms with Gasteiger partial charge in [-0.1, -0.05) is 24.3 Å². The van der Waals surface area contributed by atoms with Crippen LogP contribution in [0.25, 0.3) is 10.8 Å². The number of hydrogen-bond acceptors (Lipinski definition) is 4. The summed E-state index contributed by atoms with van der Waals surface area (Å²) >= 11 is 0. The van der Waals surface area contributed by atoms with Gasteiger partial charge in [-0.2, -0.15) is 5.10 Å². The van der Waals surface area contributed by atoms with E-state index in [0.717, 1.165) is 16.5 Å². The van der Waals surface area contributed by atoms with Crippen molar-refractivity contribution in [2.24, 2.45) is 5.84 Å². The first-order valence-electron chi connectivity index (χ1n) is 4.01. The Morgan fingerprint density at radius 1 is 1.14 bits per heavy atom. The number of hydrogen-bond donors (Lipinski definition) is 2. The summed E-state index contributed by atoms with van der Waals surface area (Å²) in [6.45, 7) is 1.93. The number of halogens is 1. The molecule has 0 fully saturated rings. The summed E-state index contributed by atoms with van der Waals surface area (Å²) in [6.07, 6.45) is 0. The number of rotatable bonds is 1. The zero-order valence-corrected chi connectivity index (χ0v) is 8.51. The van der Waals surface area contributed by atoms with Gasteiger partial charge in [-0.15, -0.1) is 17.5 Å². The van der Waals surface area contributed by atoms with Gasteiger partial charge in [0.2, 0.25) is 0 Å². The number of anilines is 1. The summed E-state index contributed by atoms with van der Waals surface area (Å²) in [5.41, 5.74) is 3.44. The van der Waals surface area contributed by atoms with E-state index in [4.69, 9.17) is 5.84 Å². The maximum absolute atomic E-state index is 5.31. The number of aromatic nitrogens is 2. The highest BCUT2D eigenvalue weighted by molar-refractivity contribution is 5.92. The molecular formula is C9H11ClN4. The van der Waals surface area contributed by atoms with Gasteiger partial charge in [0.05, 0.1) is 5.69 Å². The molecule has 0 saturated heterocycles. The van der Waals surface area contributed by atoms with E-state index in [-0.39, 0.29) is 12.4 Å². The molecule has 3 N–H and O–H groups in total. The van der Waals surface area contributed by atoms with Crippen LogP contribution in [0.1, 0.15) is 5.69 Å². The van der Waals surface area contributed by atoms with Crippen LogP contribution in [0.15, 0.2) is 24.3 Å². The summed E-state index contributed by atoms with van der Waals surface area (Å²) in [5.74, 6) is 5.93. The number of nitrogens with one attached hydrogen (secondary N) is 1. The lowest BCUT2D eigenvalue weighted by molar-refractivity contribution is 0.996. The first-order chi connectivity index (χ1) is 6.33. The molecule has 4 nitrogen and oxygen atoms in total. The fourth-order valence-electron chi connectivity index (χ4n) is 1.34. The third-order valence-electron chi connectivity index (χ3n) is 2.01. The van der Waals surface area contributed by atoms with Crippen molar-refractivity contribution in [3.8, 4) is 0 Å². The molecule has 0 aliphatic rings. The van der Waals surface area contributed by atoms with Gasteiger partial charge in [-0.05, 0) is 6.92 Å². The van der Waals surface area contributed by atoms with E-state index >= 15 is 0 Å². The van der Waals surface area contributed by atoms with Crippen LogP contribution in [0.3, 0.4) is 0 Å². The second kappa shape index (κ2) is 4.21. The van der Waals surface area contributed by atoms with Crippen molar-refractivity contribution in [1.29, 1.82) is 0 Å². The Balaban J connectivity index is 0.000000980. The predicted octanol–water partition coefficient (Wildman–Crippen LogP) is 1.65. The quantitative estimate of drug-likeness (QED) is 0.555. The molecule has 5 heteroatoms. The molecule has 74 valence electrons. The maximum Gasteiger partial charge on any atom is 0.170 e. The van der Waals surface area contributed by atoms with Gasteiger partial charge in [0.1, 0.15) is 0 Å². The van der Waals surface area contributed by atoms with Gasteiger partial charge < -0.3 is 5.43 Å². The molecule has 14 heavy (non-hydrogen) atoms. The van der Waals surface area contributed by atoms with Crippen LogP contribution in [0.5, 0.6) is 0 Å². The SMILES string of the molecule is Cc1nnc(NN)c2ccccc12.Cl. The van der Waals surface area contributed by atoms with Crippen LogP contribution in [0, 0.1) is 6.92 Å². The summed E-state index contributed by atoms with van der Waals surface area (Å²) in [4.78, 5) is 0. The topological polar surface area (TPSA) is 63.8 Å². The zero-order valence-electron chi connectivity index (χ0n) is 7.69. The predicted molar refractivity (Wildman–Crippen MR) is 59.3 cm³/mol. The average molecular weight is 211 g/mol. The lowest BCUT2D eigenvalue weighted by atomic mass is 10.1. The van der Waals surface area contributed by atoms with Crippen molar-refractivity contribution in [2.45, 2.75) is 6.92 Å². The van der Waals surface area contributed by atoms with E-state index in [2.05, 4.69) is 15.6 Å². The molecule has 0 aliphatic heterocycles. The van der Waals surface area contributed by atoms with Gasteiger partial charge in [0, 0.05) is 10.8 Å². The minimum absolute atomic E-state index is 0. The Kier molecular flexibility index (Phi) is 3.22. The second-order valence-electron chi connectivity index (χ2n) is 2.82. The Morgan fingerprint density at radius 2 is 1.79 bits per heavy atom. The van der Waals surface area contributed by atoms with Gasteiger partial charge in [-0.3, -0.25) is 0 Å². The van der Waals surface area contributed by atoms with Crippen molar-refractivity contribution in [3.05, 3.63) is 30.0 Å². The van der Waals surface area contributed by atoms with E-state index in [1.54, 1.807) is 0 Å². The van der Waals surface area contributed by atoms with Crippen LogP contribution in [0.4, 0.5) is 5.82 Å². The average Bonchev–Trinajstić information content (AvgIpc) is 2.19. The molecule has 0 amide bonds. The van der Waals surface area contributed by atoms with Gasteiger partial charge >= 0.3 is 0 Å². The maximum atomic E-state index is 5.31. The molecule has 0 spiro atoms. The molecule has 0 bridgehead atoms. The normalized spacial score (nSPS) is 9.57. The number of aryl methyl sites for hydroxylation is 1. The second-order valence-corrected chi connectivity index (χ2v) is 2.82. The minimum atomic E-state index is 0. The highest BCUT2D eigenvalue weighted by Gasteiger charge is 2.03. The minimum Gasteiger partial charge on any atom is -0.306 e. The van der Waals surface area contributed by atoms with E-state index in [1.165, 1.54) is 0 Å². The first-order valence-corrected chi connectivity index (χ1v) is 4.01. The summed E-state index contributed by atoms with van der Waals surface area (Å²) < 4.78 is 0.